The number of alkyl halides is 1. The molecule has 0 saturated heterocycles. The van der Waals surface area contributed by atoms with Gasteiger partial charge in [-0.3, -0.25) is 4.98 Å². The molecule has 0 amide bonds. The maximum Gasteiger partial charge on any atom is 0.169 e. The van der Waals surface area contributed by atoms with Crippen molar-refractivity contribution in [3.05, 3.63) is 28.9 Å². The summed E-state index contributed by atoms with van der Waals surface area (Å²) in [6, 6.07) is 5.35. The topological polar surface area (TPSA) is 55.1 Å². The van der Waals surface area contributed by atoms with E-state index in [0.717, 1.165) is 0 Å². The number of ether oxygens (including phenoxy) is 2. The Morgan fingerprint density at radius 3 is 2.68 bits per heavy atom. The summed E-state index contributed by atoms with van der Waals surface area (Å²) in [5, 5.41) is 9.91. The number of rotatable bonds is 3. The van der Waals surface area contributed by atoms with Gasteiger partial charge in [0.1, 0.15) is 6.07 Å². The van der Waals surface area contributed by atoms with Crippen LogP contribution in [-0.4, -0.2) is 17.7 Å². The second-order valence-corrected chi connectivity index (χ2v) is 4.77. The van der Waals surface area contributed by atoms with E-state index in [0.29, 0.717) is 33.0 Å². The Bertz CT molecular complexity index is 666. The van der Waals surface area contributed by atoms with Crippen molar-refractivity contribution < 1.29 is 9.47 Å². The summed E-state index contributed by atoms with van der Waals surface area (Å²) in [7, 11) is 1.52. The summed E-state index contributed by atoms with van der Waals surface area (Å²) in [6.45, 7) is 1.70. The van der Waals surface area contributed by atoms with Crippen molar-refractivity contribution in [1.29, 1.82) is 5.26 Å². The highest BCUT2D eigenvalue weighted by atomic mass is 35.5. The maximum atomic E-state index is 8.93. The molecule has 0 bridgehead atoms. The highest BCUT2D eigenvalue weighted by Crippen LogP contribution is 2.36. The number of hydrogen-bond donors (Lipinski definition) is 0. The van der Waals surface area contributed by atoms with Crippen LogP contribution in [0.15, 0.2) is 18.3 Å². The fraction of sp³-hybridized carbons (Fsp3) is 0.231. The van der Waals surface area contributed by atoms with Gasteiger partial charge in [-0.25, -0.2) is 0 Å². The number of fused-ring (bicyclic) bond motifs is 1. The third-order valence-corrected chi connectivity index (χ3v) is 2.99. The van der Waals surface area contributed by atoms with Gasteiger partial charge in [-0.05, 0) is 13.0 Å². The summed E-state index contributed by atoms with van der Waals surface area (Å²) in [5.74, 6) is 0.963. The minimum Gasteiger partial charge on any atom is -0.493 e. The molecule has 0 aliphatic carbocycles. The van der Waals surface area contributed by atoms with Gasteiger partial charge in [-0.15, -0.1) is 0 Å². The quantitative estimate of drug-likeness (QED) is 0.810. The van der Waals surface area contributed by atoms with Gasteiger partial charge in [0.2, 0.25) is 0 Å². The van der Waals surface area contributed by atoms with E-state index >= 15 is 0 Å². The summed E-state index contributed by atoms with van der Waals surface area (Å²) in [6.07, 6.45) is 1.42. The number of hydrogen-bond acceptors (Lipinski definition) is 4. The first-order chi connectivity index (χ1) is 9.06. The van der Waals surface area contributed by atoms with E-state index in [-0.39, 0.29) is 0 Å². The number of aromatic nitrogens is 1. The molecule has 4 nitrogen and oxygen atoms in total. The number of pyridine rings is 1. The average molecular weight is 297 g/mol. The summed E-state index contributed by atoms with van der Waals surface area (Å²) < 4.78 is 10.7. The number of methoxy groups -OCH3 is 1. The lowest BCUT2D eigenvalue weighted by atomic mass is 10.1. The fourth-order valence-corrected chi connectivity index (χ4v) is 2.01. The van der Waals surface area contributed by atoms with E-state index < -0.39 is 5.56 Å². The molecule has 19 heavy (non-hydrogen) atoms. The molecule has 2 rings (SSSR count). The first-order valence-electron chi connectivity index (χ1n) is 5.44. The lowest BCUT2D eigenvalue weighted by Gasteiger charge is -2.13. The predicted molar refractivity (Wildman–Crippen MR) is 74.0 cm³/mol. The van der Waals surface area contributed by atoms with Crippen LogP contribution in [0.3, 0.4) is 0 Å². The average Bonchev–Trinajstić information content (AvgIpc) is 2.38. The van der Waals surface area contributed by atoms with Gasteiger partial charge >= 0.3 is 0 Å². The van der Waals surface area contributed by atoms with E-state index in [4.69, 9.17) is 37.9 Å². The van der Waals surface area contributed by atoms with Crippen LogP contribution in [0.25, 0.3) is 10.9 Å². The Labute approximate surface area is 120 Å². The highest BCUT2D eigenvalue weighted by Gasteiger charge is 2.13. The molecule has 0 aliphatic heterocycles. The molecule has 1 aromatic heterocycles. The zero-order valence-corrected chi connectivity index (χ0v) is 11.8. The van der Waals surface area contributed by atoms with Crippen LogP contribution in [0.4, 0.5) is 0 Å². The van der Waals surface area contributed by atoms with Gasteiger partial charge in [0, 0.05) is 17.6 Å². The zero-order chi connectivity index (χ0) is 14.0. The number of nitriles is 1. The van der Waals surface area contributed by atoms with Gasteiger partial charge in [0.25, 0.3) is 0 Å². The van der Waals surface area contributed by atoms with E-state index in [1.165, 1.54) is 13.3 Å². The van der Waals surface area contributed by atoms with Crippen LogP contribution in [0.5, 0.6) is 11.5 Å². The Morgan fingerprint density at radius 2 is 2.11 bits per heavy atom. The van der Waals surface area contributed by atoms with Crippen LogP contribution in [0.2, 0.25) is 5.02 Å². The standard InChI is InChI=1S/C13H10Cl2N2O2/c1-7(14)19-12-4-10-9(3-11(12)18-2)13(15)8(5-16)6-17-10/h3-4,6-7H,1-2H3. The van der Waals surface area contributed by atoms with Crippen molar-refractivity contribution in [1.82, 2.24) is 4.98 Å². The van der Waals surface area contributed by atoms with Crippen molar-refractivity contribution >= 4 is 34.1 Å². The van der Waals surface area contributed by atoms with E-state index in [1.807, 2.05) is 6.07 Å². The number of halogens is 2. The van der Waals surface area contributed by atoms with Crippen LogP contribution < -0.4 is 9.47 Å². The minimum atomic E-state index is -0.500. The van der Waals surface area contributed by atoms with Crippen molar-refractivity contribution in [2.24, 2.45) is 0 Å². The van der Waals surface area contributed by atoms with Gasteiger partial charge < -0.3 is 9.47 Å². The Hall–Kier alpha value is -1.70. The lowest BCUT2D eigenvalue weighted by Crippen LogP contribution is -2.04. The first kappa shape index (κ1) is 13.7. The normalized spacial score (nSPS) is 11.9. The van der Waals surface area contributed by atoms with Gasteiger partial charge in [-0.2, -0.15) is 5.26 Å². The molecule has 6 heteroatoms. The third kappa shape index (κ3) is 2.67. The molecule has 1 unspecified atom stereocenters. The van der Waals surface area contributed by atoms with Gasteiger partial charge in [0.05, 0.1) is 23.2 Å². The van der Waals surface area contributed by atoms with E-state index in [2.05, 4.69) is 4.98 Å². The smallest absolute Gasteiger partial charge is 0.169 e. The van der Waals surface area contributed by atoms with Crippen LogP contribution in [0.1, 0.15) is 12.5 Å². The Balaban J connectivity index is 2.67. The zero-order valence-electron chi connectivity index (χ0n) is 10.3. The van der Waals surface area contributed by atoms with Gasteiger partial charge in [-0.1, -0.05) is 23.2 Å². The van der Waals surface area contributed by atoms with Crippen LogP contribution in [-0.2, 0) is 0 Å². The van der Waals surface area contributed by atoms with Crippen LogP contribution in [0, 0.1) is 11.3 Å². The Morgan fingerprint density at radius 1 is 1.37 bits per heavy atom. The summed E-state index contributed by atoms with van der Waals surface area (Å²) in [4.78, 5) is 4.17. The predicted octanol–water partition coefficient (Wildman–Crippen LogP) is 3.73. The summed E-state index contributed by atoms with van der Waals surface area (Å²) >= 11 is 11.9. The maximum absolute atomic E-state index is 8.93. The Kier molecular flexibility index (Phi) is 3.98. The molecule has 98 valence electrons. The van der Waals surface area contributed by atoms with Crippen molar-refractivity contribution in [2.45, 2.75) is 12.5 Å². The molecule has 0 aliphatic rings. The SMILES string of the molecule is COc1cc2c(Cl)c(C#N)cnc2cc1OC(C)Cl. The number of nitrogens with zero attached hydrogens (tertiary/aromatic N) is 2. The molecule has 1 atom stereocenters. The van der Waals surface area contributed by atoms with Crippen LogP contribution >= 0.6 is 23.2 Å². The largest absolute Gasteiger partial charge is 0.493 e. The third-order valence-electron chi connectivity index (χ3n) is 2.50. The molecule has 0 fully saturated rings. The second kappa shape index (κ2) is 5.52. The molecule has 0 saturated carbocycles. The van der Waals surface area contributed by atoms with Crippen molar-refractivity contribution in [2.75, 3.05) is 7.11 Å². The fourth-order valence-electron chi connectivity index (χ4n) is 1.67. The van der Waals surface area contributed by atoms with E-state index in [1.54, 1.807) is 19.1 Å². The first-order valence-corrected chi connectivity index (χ1v) is 6.25. The van der Waals surface area contributed by atoms with Crippen molar-refractivity contribution in [3.63, 3.8) is 0 Å². The molecule has 2 aromatic rings. The summed E-state index contributed by atoms with van der Waals surface area (Å²) in [5.41, 5.74) is 0.424. The van der Waals surface area contributed by atoms with Crippen molar-refractivity contribution in [3.8, 4) is 17.6 Å². The molecule has 0 N–H and O–H groups in total. The van der Waals surface area contributed by atoms with E-state index in [9.17, 15) is 0 Å². The highest BCUT2D eigenvalue weighted by molar-refractivity contribution is 6.36. The second-order valence-electron chi connectivity index (χ2n) is 3.78. The molecular formula is C13H10Cl2N2O2. The molecular weight excluding hydrogens is 287 g/mol. The molecule has 1 heterocycles. The monoisotopic (exact) mass is 296 g/mol. The number of benzene rings is 1. The molecule has 0 spiro atoms. The minimum absolute atomic E-state index is 0.315. The molecule has 0 radical (unpaired) electrons. The van der Waals surface area contributed by atoms with Gasteiger partial charge in [0.15, 0.2) is 17.1 Å². The lowest BCUT2D eigenvalue weighted by molar-refractivity contribution is 0.281. The molecule has 1 aromatic carbocycles.